The van der Waals surface area contributed by atoms with Crippen LogP contribution in [0.2, 0.25) is 0 Å². The smallest absolute Gasteiger partial charge is 0.0561 e. The van der Waals surface area contributed by atoms with Crippen LogP contribution in [0.5, 0.6) is 0 Å². The van der Waals surface area contributed by atoms with E-state index in [2.05, 4.69) is 35.6 Å². The Labute approximate surface area is 109 Å². The molecule has 1 aromatic carbocycles. The molecule has 2 aliphatic rings. The maximum atomic E-state index is 10.1. The van der Waals surface area contributed by atoms with Crippen LogP contribution in [0.3, 0.4) is 0 Å². The number of benzene rings is 1. The predicted octanol–water partition coefficient (Wildman–Crippen LogP) is 2.83. The van der Waals surface area contributed by atoms with Crippen molar-refractivity contribution in [1.82, 2.24) is 5.32 Å². The summed E-state index contributed by atoms with van der Waals surface area (Å²) in [5, 5.41) is 13.8. The normalized spacial score (nSPS) is 33.1. The molecular weight excluding hydrogens is 222 g/mol. The zero-order chi connectivity index (χ0) is 12.4. The highest BCUT2D eigenvalue weighted by molar-refractivity contribution is 5.20. The Hall–Kier alpha value is -0.860. The summed E-state index contributed by atoms with van der Waals surface area (Å²) < 4.78 is 0. The van der Waals surface area contributed by atoms with E-state index in [9.17, 15) is 5.11 Å². The Morgan fingerprint density at radius 1 is 0.944 bits per heavy atom. The van der Waals surface area contributed by atoms with Gasteiger partial charge in [0.25, 0.3) is 0 Å². The van der Waals surface area contributed by atoms with Gasteiger partial charge in [-0.05, 0) is 43.6 Å². The third kappa shape index (κ3) is 2.76. The van der Waals surface area contributed by atoms with Crippen molar-refractivity contribution >= 4 is 0 Å². The minimum atomic E-state index is -0.137. The Bertz CT molecular complexity index is 374. The second kappa shape index (κ2) is 5.41. The number of hydrogen-bond acceptors (Lipinski definition) is 2. The SMILES string of the molecule is OC1CC(NC2CCC2)CC(c2ccccc2)C1. The molecule has 2 N–H and O–H groups in total. The molecule has 0 amide bonds. The quantitative estimate of drug-likeness (QED) is 0.858. The van der Waals surface area contributed by atoms with Gasteiger partial charge >= 0.3 is 0 Å². The van der Waals surface area contributed by atoms with Gasteiger partial charge < -0.3 is 10.4 Å². The average Bonchev–Trinajstić information content (AvgIpc) is 2.34. The number of hydrogen-bond donors (Lipinski definition) is 2. The molecule has 0 heterocycles. The summed E-state index contributed by atoms with van der Waals surface area (Å²) in [6, 6.07) is 11.9. The van der Waals surface area contributed by atoms with Gasteiger partial charge in [0.15, 0.2) is 0 Å². The first-order valence-corrected chi connectivity index (χ1v) is 7.30. The molecule has 0 saturated heterocycles. The fraction of sp³-hybridized carbons (Fsp3) is 0.625. The summed E-state index contributed by atoms with van der Waals surface area (Å²) in [6.45, 7) is 0. The van der Waals surface area contributed by atoms with Gasteiger partial charge in [-0.15, -0.1) is 0 Å². The van der Waals surface area contributed by atoms with Crippen LogP contribution < -0.4 is 5.32 Å². The second-order valence-corrected chi connectivity index (χ2v) is 5.96. The molecule has 2 heteroatoms. The van der Waals surface area contributed by atoms with E-state index in [0.29, 0.717) is 12.0 Å². The summed E-state index contributed by atoms with van der Waals surface area (Å²) in [5.41, 5.74) is 1.39. The van der Waals surface area contributed by atoms with E-state index < -0.39 is 0 Å². The summed E-state index contributed by atoms with van der Waals surface area (Å²) >= 11 is 0. The molecule has 18 heavy (non-hydrogen) atoms. The highest BCUT2D eigenvalue weighted by atomic mass is 16.3. The molecule has 0 bridgehead atoms. The van der Waals surface area contributed by atoms with Crippen molar-refractivity contribution < 1.29 is 5.11 Å². The molecule has 2 nitrogen and oxygen atoms in total. The van der Waals surface area contributed by atoms with E-state index >= 15 is 0 Å². The summed E-state index contributed by atoms with van der Waals surface area (Å²) in [7, 11) is 0. The molecule has 3 unspecified atom stereocenters. The first-order valence-electron chi connectivity index (χ1n) is 7.30. The lowest BCUT2D eigenvalue weighted by atomic mass is 9.79. The third-order valence-corrected chi connectivity index (χ3v) is 4.53. The van der Waals surface area contributed by atoms with E-state index in [1.54, 1.807) is 0 Å². The molecular formula is C16H23NO. The maximum absolute atomic E-state index is 10.1. The first-order chi connectivity index (χ1) is 8.81. The van der Waals surface area contributed by atoms with Crippen molar-refractivity contribution in [2.45, 2.75) is 62.6 Å². The lowest BCUT2D eigenvalue weighted by molar-refractivity contribution is 0.0928. The van der Waals surface area contributed by atoms with Crippen LogP contribution in [0.15, 0.2) is 30.3 Å². The van der Waals surface area contributed by atoms with Crippen LogP contribution in [-0.4, -0.2) is 23.3 Å². The van der Waals surface area contributed by atoms with Gasteiger partial charge in [-0.3, -0.25) is 0 Å². The van der Waals surface area contributed by atoms with Crippen molar-refractivity contribution in [1.29, 1.82) is 0 Å². The van der Waals surface area contributed by atoms with Gasteiger partial charge in [-0.1, -0.05) is 36.8 Å². The molecule has 2 aliphatic carbocycles. The Balaban J connectivity index is 1.64. The molecule has 3 rings (SSSR count). The van der Waals surface area contributed by atoms with Gasteiger partial charge in [0.05, 0.1) is 6.10 Å². The molecule has 1 aromatic rings. The molecule has 98 valence electrons. The van der Waals surface area contributed by atoms with Gasteiger partial charge in [0, 0.05) is 12.1 Å². The molecule has 0 aliphatic heterocycles. The van der Waals surface area contributed by atoms with E-state index in [4.69, 9.17) is 0 Å². The fourth-order valence-electron chi connectivity index (χ4n) is 3.33. The lowest BCUT2D eigenvalue weighted by Gasteiger charge is -2.38. The number of aliphatic hydroxyl groups is 1. The monoisotopic (exact) mass is 245 g/mol. The van der Waals surface area contributed by atoms with Crippen molar-refractivity contribution in [2.24, 2.45) is 0 Å². The van der Waals surface area contributed by atoms with Crippen molar-refractivity contribution in [2.75, 3.05) is 0 Å². The van der Waals surface area contributed by atoms with E-state index in [1.807, 2.05) is 0 Å². The fourth-order valence-corrected chi connectivity index (χ4v) is 3.33. The number of rotatable bonds is 3. The van der Waals surface area contributed by atoms with E-state index in [-0.39, 0.29) is 6.10 Å². The van der Waals surface area contributed by atoms with Crippen molar-refractivity contribution in [3.05, 3.63) is 35.9 Å². The van der Waals surface area contributed by atoms with Crippen LogP contribution in [0.25, 0.3) is 0 Å². The van der Waals surface area contributed by atoms with Gasteiger partial charge in [-0.2, -0.15) is 0 Å². The Morgan fingerprint density at radius 2 is 1.72 bits per heavy atom. The van der Waals surface area contributed by atoms with Crippen molar-refractivity contribution in [3.63, 3.8) is 0 Å². The number of nitrogens with one attached hydrogen (secondary N) is 1. The Kier molecular flexibility index (Phi) is 3.67. The van der Waals surface area contributed by atoms with E-state index in [1.165, 1.54) is 31.2 Å². The maximum Gasteiger partial charge on any atom is 0.0561 e. The minimum absolute atomic E-state index is 0.137. The standard InChI is InChI=1S/C16H23NO/c18-16-10-13(12-5-2-1-3-6-12)9-15(11-16)17-14-7-4-8-14/h1-3,5-6,13-18H,4,7-11H2. The molecule has 3 atom stereocenters. The zero-order valence-corrected chi connectivity index (χ0v) is 10.9. The van der Waals surface area contributed by atoms with Crippen molar-refractivity contribution in [3.8, 4) is 0 Å². The Morgan fingerprint density at radius 3 is 2.39 bits per heavy atom. The summed E-state index contributed by atoms with van der Waals surface area (Å²) in [5.74, 6) is 0.521. The van der Waals surface area contributed by atoms with Gasteiger partial charge in [-0.25, -0.2) is 0 Å². The molecule has 0 radical (unpaired) electrons. The van der Waals surface area contributed by atoms with Crippen LogP contribution >= 0.6 is 0 Å². The van der Waals surface area contributed by atoms with Crippen LogP contribution in [0.4, 0.5) is 0 Å². The second-order valence-electron chi connectivity index (χ2n) is 5.96. The summed E-state index contributed by atoms with van der Waals surface area (Å²) in [6.07, 6.45) is 6.91. The van der Waals surface area contributed by atoms with Crippen LogP contribution in [0, 0.1) is 0 Å². The molecule has 0 aromatic heterocycles. The highest BCUT2D eigenvalue weighted by Gasteiger charge is 2.30. The third-order valence-electron chi connectivity index (χ3n) is 4.53. The van der Waals surface area contributed by atoms with Gasteiger partial charge in [0.1, 0.15) is 0 Å². The highest BCUT2D eigenvalue weighted by Crippen LogP contribution is 2.34. The molecule has 0 spiro atoms. The van der Waals surface area contributed by atoms with Gasteiger partial charge in [0.2, 0.25) is 0 Å². The zero-order valence-electron chi connectivity index (χ0n) is 10.9. The van der Waals surface area contributed by atoms with Crippen LogP contribution in [-0.2, 0) is 0 Å². The predicted molar refractivity (Wildman–Crippen MR) is 73.6 cm³/mol. The average molecular weight is 245 g/mol. The first kappa shape index (κ1) is 12.2. The van der Waals surface area contributed by atoms with E-state index in [0.717, 1.165) is 18.9 Å². The number of aliphatic hydroxyl groups excluding tert-OH is 1. The minimum Gasteiger partial charge on any atom is -0.393 e. The molecule has 2 saturated carbocycles. The lowest BCUT2D eigenvalue weighted by Crippen LogP contribution is -2.46. The molecule has 2 fully saturated rings. The largest absolute Gasteiger partial charge is 0.393 e. The summed E-state index contributed by atoms with van der Waals surface area (Å²) in [4.78, 5) is 0. The van der Waals surface area contributed by atoms with Crippen LogP contribution in [0.1, 0.15) is 50.0 Å². The topological polar surface area (TPSA) is 32.3 Å².